The largest absolute Gasteiger partial charge is 0.472 e. The van der Waals surface area contributed by atoms with E-state index in [-0.39, 0.29) is 25.9 Å². The number of allylic oxidation sites excluding steroid dienone is 22. The zero-order valence-electron chi connectivity index (χ0n) is 44.6. The van der Waals surface area contributed by atoms with Crippen LogP contribution >= 0.6 is 7.82 Å². The number of hydrogen-bond acceptors (Lipinski definition) is 10. The van der Waals surface area contributed by atoms with E-state index in [9.17, 15) is 28.9 Å². The molecule has 0 saturated carbocycles. The highest BCUT2D eigenvalue weighted by Crippen LogP contribution is 2.43. The van der Waals surface area contributed by atoms with Crippen molar-refractivity contribution in [3.05, 3.63) is 134 Å². The van der Waals surface area contributed by atoms with E-state index < -0.39 is 57.8 Å². The Morgan fingerprint density at radius 1 is 0.403 bits per heavy atom. The molecule has 0 aromatic carbocycles. The van der Waals surface area contributed by atoms with Gasteiger partial charge in [0.25, 0.3) is 0 Å². The lowest BCUT2D eigenvalue weighted by Crippen LogP contribution is -2.30. The predicted octanol–water partition coefficient (Wildman–Crippen LogP) is 15.8. The van der Waals surface area contributed by atoms with Crippen molar-refractivity contribution in [2.24, 2.45) is 0 Å². The molecule has 2 N–H and O–H groups in total. The van der Waals surface area contributed by atoms with Crippen molar-refractivity contribution >= 4 is 25.7 Å². The third-order valence-corrected chi connectivity index (χ3v) is 11.5. The molecule has 11 nitrogen and oxygen atoms in total. The number of hydrogen-bond donors (Lipinski definition) is 2. The molecule has 0 amide bonds. The first kappa shape index (κ1) is 67.6. The van der Waals surface area contributed by atoms with E-state index in [0.29, 0.717) is 19.3 Å². The highest BCUT2D eigenvalue weighted by Gasteiger charge is 2.28. The van der Waals surface area contributed by atoms with Gasteiger partial charge < -0.3 is 24.2 Å². The lowest BCUT2D eigenvalue weighted by atomic mass is 10.1. The number of aliphatic hydroxyl groups is 1. The Labute approximate surface area is 436 Å². The second kappa shape index (κ2) is 52.9. The number of phosphoric ester groups is 1. The molecule has 0 heterocycles. The third kappa shape index (κ3) is 50.6. The standard InChI is InChI=1S/C60H95O11P/c1-4-7-10-13-16-19-22-25-26-27-28-29-30-33-36-39-42-45-48-51-60(64)71-57(53-67-58(62)49-46-43-40-37-34-31-23-20-17-14-11-8-5-2)55-69-72(65,66)68-54-56(52-61)70-59(63)50-47-44-41-38-35-32-24-21-18-15-12-9-6-3/h7,9-12,14,16,18-21,23,25-26,28-29,32-33,35-36,41,44,56-57,61H,4-6,8,13,15,17,22,24,27,30-31,34,37-40,42-43,45-55H2,1-3H3,(H,65,66)/b10-7-,12-9-,14-11-,19-16-,21-18-,23-20-,26-25-,29-28-,35-32-,36-33-,44-41-. The second-order valence-corrected chi connectivity index (χ2v) is 18.7. The maximum Gasteiger partial charge on any atom is 0.472 e. The molecule has 0 aromatic rings. The molecule has 0 saturated heterocycles. The smallest absolute Gasteiger partial charge is 0.462 e. The third-order valence-electron chi connectivity index (χ3n) is 10.5. The summed E-state index contributed by atoms with van der Waals surface area (Å²) in [5.41, 5.74) is 0. The minimum absolute atomic E-state index is 0.0452. The van der Waals surface area contributed by atoms with Crippen LogP contribution in [-0.2, 0) is 42.2 Å². The molecule has 0 fully saturated rings. The van der Waals surface area contributed by atoms with E-state index in [4.69, 9.17) is 23.3 Å². The van der Waals surface area contributed by atoms with E-state index in [1.54, 1.807) is 0 Å². The van der Waals surface area contributed by atoms with Gasteiger partial charge in [0, 0.05) is 19.3 Å². The van der Waals surface area contributed by atoms with Crippen molar-refractivity contribution in [1.82, 2.24) is 0 Å². The van der Waals surface area contributed by atoms with E-state index in [1.807, 2.05) is 18.2 Å². The molecule has 0 radical (unpaired) electrons. The molecule has 72 heavy (non-hydrogen) atoms. The number of carbonyl (C=O) groups excluding carboxylic acids is 3. The average molecular weight is 1020 g/mol. The number of carbonyl (C=O) groups is 3. The summed E-state index contributed by atoms with van der Waals surface area (Å²) in [5.74, 6) is -1.63. The van der Waals surface area contributed by atoms with Gasteiger partial charge in [0.15, 0.2) is 6.10 Å². The van der Waals surface area contributed by atoms with Gasteiger partial charge in [-0.15, -0.1) is 0 Å². The molecule has 0 spiro atoms. The van der Waals surface area contributed by atoms with Gasteiger partial charge in [0.2, 0.25) is 0 Å². The Bertz CT molecular complexity index is 1710. The quantitative estimate of drug-likeness (QED) is 0.0197. The number of aliphatic hydroxyl groups excluding tert-OH is 1. The van der Waals surface area contributed by atoms with Crippen molar-refractivity contribution < 1.29 is 52.2 Å². The summed E-state index contributed by atoms with van der Waals surface area (Å²) in [7, 11) is -4.78. The Kier molecular flexibility index (Phi) is 49.7. The first-order chi connectivity index (χ1) is 35.2. The summed E-state index contributed by atoms with van der Waals surface area (Å²) in [6, 6.07) is 0. The van der Waals surface area contributed by atoms with E-state index in [1.165, 1.54) is 0 Å². The fourth-order valence-corrected chi connectivity index (χ4v) is 7.27. The normalized spacial score (nSPS) is 14.5. The maximum atomic E-state index is 12.9. The van der Waals surface area contributed by atoms with Crippen molar-refractivity contribution in [1.29, 1.82) is 0 Å². The predicted molar refractivity (Wildman–Crippen MR) is 297 cm³/mol. The highest BCUT2D eigenvalue weighted by atomic mass is 31.2. The molecule has 0 aliphatic heterocycles. The molecule has 3 unspecified atom stereocenters. The summed E-state index contributed by atoms with van der Waals surface area (Å²) in [4.78, 5) is 48.4. The lowest BCUT2D eigenvalue weighted by molar-refractivity contribution is -0.161. The summed E-state index contributed by atoms with van der Waals surface area (Å²) in [6.45, 7) is 4.17. The fraction of sp³-hybridized carbons (Fsp3) is 0.583. The number of rotatable bonds is 48. The first-order valence-electron chi connectivity index (χ1n) is 27.1. The van der Waals surface area contributed by atoms with E-state index >= 15 is 0 Å². The van der Waals surface area contributed by atoms with Crippen LogP contribution in [0.2, 0.25) is 0 Å². The number of phosphoric acid groups is 1. The van der Waals surface area contributed by atoms with Gasteiger partial charge in [-0.05, 0) is 116 Å². The first-order valence-corrected chi connectivity index (χ1v) is 28.6. The zero-order valence-corrected chi connectivity index (χ0v) is 45.5. The molecule has 0 aliphatic carbocycles. The van der Waals surface area contributed by atoms with Gasteiger partial charge in [-0.25, -0.2) is 4.57 Å². The van der Waals surface area contributed by atoms with Crippen LogP contribution in [-0.4, -0.2) is 66.5 Å². The van der Waals surface area contributed by atoms with Crippen LogP contribution in [0.15, 0.2) is 134 Å². The molecule has 0 aliphatic rings. The number of esters is 3. The Morgan fingerprint density at radius 2 is 0.750 bits per heavy atom. The van der Waals surface area contributed by atoms with Gasteiger partial charge in [-0.2, -0.15) is 0 Å². The monoisotopic (exact) mass is 1020 g/mol. The fourth-order valence-electron chi connectivity index (χ4n) is 6.49. The van der Waals surface area contributed by atoms with Crippen molar-refractivity contribution in [3.63, 3.8) is 0 Å². The molecule has 3 atom stereocenters. The van der Waals surface area contributed by atoms with Gasteiger partial charge in [-0.3, -0.25) is 23.4 Å². The highest BCUT2D eigenvalue weighted by molar-refractivity contribution is 7.47. The summed E-state index contributed by atoms with van der Waals surface area (Å²) >= 11 is 0. The lowest BCUT2D eigenvalue weighted by Gasteiger charge is -2.21. The molecule has 0 rings (SSSR count). The van der Waals surface area contributed by atoms with Gasteiger partial charge in [0.05, 0.1) is 19.8 Å². The van der Waals surface area contributed by atoms with Crippen LogP contribution < -0.4 is 0 Å². The molecule has 0 bridgehead atoms. The Balaban J connectivity index is 4.90. The van der Waals surface area contributed by atoms with Gasteiger partial charge in [0.1, 0.15) is 12.7 Å². The van der Waals surface area contributed by atoms with Crippen LogP contribution in [0.1, 0.15) is 188 Å². The summed E-state index contributed by atoms with van der Waals surface area (Å²) in [5, 5.41) is 9.77. The minimum atomic E-state index is -4.78. The second-order valence-electron chi connectivity index (χ2n) is 17.3. The number of ether oxygens (including phenoxy) is 3. The van der Waals surface area contributed by atoms with Crippen LogP contribution in [0, 0.1) is 0 Å². The summed E-state index contributed by atoms with van der Waals surface area (Å²) in [6.07, 6.45) is 65.8. The van der Waals surface area contributed by atoms with Crippen LogP contribution in [0.5, 0.6) is 0 Å². The zero-order chi connectivity index (χ0) is 52.7. The van der Waals surface area contributed by atoms with Gasteiger partial charge in [-0.1, -0.05) is 187 Å². The molecule has 0 aromatic heterocycles. The average Bonchev–Trinajstić information content (AvgIpc) is 3.37. The number of unbranched alkanes of at least 4 members (excludes halogenated alkanes) is 9. The summed E-state index contributed by atoms with van der Waals surface area (Å²) < 4.78 is 39.3. The van der Waals surface area contributed by atoms with Crippen LogP contribution in [0.25, 0.3) is 0 Å². The molecular weight excluding hydrogens is 928 g/mol. The van der Waals surface area contributed by atoms with Crippen molar-refractivity contribution in [2.45, 2.75) is 200 Å². The van der Waals surface area contributed by atoms with Crippen LogP contribution in [0.3, 0.4) is 0 Å². The van der Waals surface area contributed by atoms with E-state index in [0.717, 1.165) is 128 Å². The van der Waals surface area contributed by atoms with Crippen LogP contribution in [0.4, 0.5) is 0 Å². The van der Waals surface area contributed by atoms with E-state index in [2.05, 4.69) is 136 Å². The molecule has 12 heteroatoms. The molecular formula is C60H95O11P. The Hall–Kier alpha value is -4.38. The van der Waals surface area contributed by atoms with Crippen molar-refractivity contribution in [3.8, 4) is 0 Å². The minimum Gasteiger partial charge on any atom is -0.462 e. The topological polar surface area (TPSA) is 155 Å². The molecule has 406 valence electrons. The maximum absolute atomic E-state index is 12.9. The van der Waals surface area contributed by atoms with Crippen molar-refractivity contribution in [2.75, 3.05) is 26.4 Å². The Morgan fingerprint density at radius 3 is 1.21 bits per heavy atom. The SMILES string of the molecule is CC/C=C\C/C=C\C/C=C\C/C=C\C/C=C\CCCCCC(=O)OC(COC(=O)CCCCCCC/C=C\C/C=C\CCC)COP(=O)(O)OCC(CO)OC(=O)CC/C=C\C/C=C\C/C=C\C/C=C\CC. The van der Waals surface area contributed by atoms with Gasteiger partial charge >= 0.3 is 25.7 Å².